The second kappa shape index (κ2) is 5.29. The van der Waals surface area contributed by atoms with E-state index < -0.39 is 0 Å². The Kier molecular flexibility index (Phi) is 3.52. The Morgan fingerprint density at radius 3 is 3.33 bits per heavy atom. The summed E-state index contributed by atoms with van der Waals surface area (Å²) in [6.45, 7) is 8.37. The number of fused-ring (bicyclic) bond motifs is 1. The SMILES string of the molecule is CC1COCCN(Cc2cccc3c2NCC3)C1. The Labute approximate surface area is 109 Å². The first-order valence-corrected chi connectivity index (χ1v) is 6.97. The maximum Gasteiger partial charge on any atom is 0.0593 e. The number of anilines is 1. The monoisotopic (exact) mass is 246 g/mol. The second-order valence-corrected chi connectivity index (χ2v) is 5.54. The van der Waals surface area contributed by atoms with Crippen LogP contribution >= 0.6 is 0 Å². The molecule has 0 saturated carbocycles. The Bertz CT molecular complexity index is 419. The van der Waals surface area contributed by atoms with Crippen LogP contribution in [0.15, 0.2) is 18.2 Å². The topological polar surface area (TPSA) is 24.5 Å². The van der Waals surface area contributed by atoms with Crippen molar-refractivity contribution in [3.8, 4) is 0 Å². The fourth-order valence-electron chi connectivity index (χ4n) is 2.99. The third-order valence-electron chi connectivity index (χ3n) is 3.85. The van der Waals surface area contributed by atoms with Gasteiger partial charge in [-0.05, 0) is 23.5 Å². The fraction of sp³-hybridized carbons (Fsp3) is 0.600. The number of nitrogens with one attached hydrogen (secondary N) is 1. The molecular weight excluding hydrogens is 224 g/mol. The van der Waals surface area contributed by atoms with E-state index in [2.05, 4.69) is 35.3 Å². The van der Waals surface area contributed by atoms with Gasteiger partial charge in [-0.25, -0.2) is 0 Å². The van der Waals surface area contributed by atoms with Crippen LogP contribution in [-0.2, 0) is 17.7 Å². The van der Waals surface area contributed by atoms with Crippen molar-refractivity contribution in [2.45, 2.75) is 19.9 Å². The van der Waals surface area contributed by atoms with Crippen LogP contribution < -0.4 is 5.32 Å². The van der Waals surface area contributed by atoms with Gasteiger partial charge in [0.15, 0.2) is 0 Å². The van der Waals surface area contributed by atoms with Gasteiger partial charge in [-0.3, -0.25) is 4.90 Å². The lowest BCUT2D eigenvalue weighted by Crippen LogP contribution is -2.28. The van der Waals surface area contributed by atoms with Gasteiger partial charge in [-0.15, -0.1) is 0 Å². The van der Waals surface area contributed by atoms with Crippen LogP contribution in [0.2, 0.25) is 0 Å². The molecule has 1 aromatic carbocycles. The van der Waals surface area contributed by atoms with Crippen molar-refractivity contribution in [1.82, 2.24) is 4.90 Å². The van der Waals surface area contributed by atoms with Gasteiger partial charge in [0.05, 0.1) is 13.2 Å². The molecular formula is C15H22N2O. The minimum Gasteiger partial charge on any atom is -0.384 e. The number of para-hydroxylation sites is 1. The Hall–Kier alpha value is -1.06. The minimum atomic E-state index is 0.636. The maximum absolute atomic E-state index is 5.61. The summed E-state index contributed by atoms with van der Waals surface area (Å²) in [5.41, 5.74) is 4.31. The van der Waals surface area contributed by atoms with Crippen LogP contribution in [0.5, 0.6) is 0 Å². The summed E-state index contributed by atoms with van der Waals surface area (Å²) >= 11 is 0. The molecule has 2 aliphatic heterocycles. The lowest BCUT2D eigenvalue weighted by atomic mass is 10.1. The predicted molar refractivity (Wildman–Crippen MR) is 73.9 cm³/mol. The van der Waals surface area contributed by atoms with E-state index in [1.807, 2.05) is 0 Å². The van der Waals surface area contributed by atoms with Crippen LogP contribution in [0.3, 0.4) is 0 Å². The third kappa shape index (κ3) is 2.52. The molecule has 1 N–H and O–H groups in total. The average molecular weight is 246 g/mol. The van der Waals surface area contributed by atoms with Crippen LogP contribution in [0.25, 0.3) is 0 Å². The molecule has 1 saturated heterocycles. The first-order valence-electron chi connectivity index (χ1n) is 6.97. The zero-order chi connectivity index (χ0) is 12.4. The number of nitrogens with zero attached hydrogens (tertiary/aromatic N) is 1. The summed E-state index contributed by atoms with van der Waals surface area (Å²) in [5, 5.41) is 3.53. The molecule has 3 rings (SSSR count). The molecule has 2 heterocycles. The van der Waals surface area contributed by atoms with Crippen molar-refractivity contribution in [2.24, 2.45) is 5.92 Å². The van der Waals surface area contributed by atoms with Crippen LogP contribution in [0.1, 0.15) is 18.1 Å². The van der Waals surface area contributed by atoms with Gasteiger partial charge >= 0.3 is 0 Å². The van der Waals surface area contributed by atoms with Gasteiger partial charge in [0.25, 0.3) is 0 Å². The molecule has 0 aliphatic carbocycles. The number of hydrogen-bond acceptors (Lipinski definition) is 3. The summed E-state index contributed by atoms with van der Waals surface area (Å²) in [6.07, 6.45) is 1.17. The van der Waals surface area contributed by atoms with E-state index in [0.717, 1.165) is 39.4 Å². The third-order valence-corrected chi connectivity index (χ3v) is 3.85. The lowest BCUT2D eigenvalue weighted by Gasteiger charge is -2.22. The van der Waals surface area contributed by atoms with Gasteiger partial charge < -0.3 is 10.1 Å². The summed E-state index contributed by atoms with van der Waals surface area (Å²) in [4.78, 5) is 2.52. The van der Waals surface area contributed by atoms with Crippen molar-refractivity contribution in [1.29, 1.82) is 0 Å². The molecule has 1 fully saturated rings. The van der Waals surface area contributed by atoms with Gasteiger partial charge in [-0.2, -0.15) is 0 Å². The highest BCUT2D eigenvalue weighted by molar-refractivity contribution is 5.61. The molecule has 98 valence electrons. The highest BCUT2D eigenvalue weighted by atomic mass is 16.5. The van der Waals surface area contributed by atoms with E-state index in [0.29, 0.717) is 5.92 Å². The van der Waals surface area contributed by atoms with Crippen molar-refractivity contribution in [3.63, 3.8) is 0 Å². The second-order valence-electron chi connectivity index (χ2n) is 5.54. The summed E-state index contributed by atoms with van der Waals surface area (Å²) in [6, 6.07) is 6.69. The number of benzene rings is 1. The highest BCUT2D eigenvalue weighted by Gasteiger charge is 2.18. The van der Waals surface area contributed by atoms with E-state index in [9.17, 15) is 0 Å². The quantitative estimate of drug-likeness (QED) is 0.865. The van der Waals surface area contributed by atoms with Gasteiger partial charge in [-0.1, -0.05) is 25.1 Å². The maximum atomic E-state index is 5.61. The molecule has 0 bridgehead atoms. The van der Waals surface area contributed by atoms with Crippen molar-refractivity contribution < 1.29 is 4.74 Å². The lowest BCUT2D eigenvalue weighted by molar-refractivity contribution is 0.125. The van der Waals surface area contributed by atoms with E-state index in [4.69, 9.17) is 4.74 Å². The molecule has 18 heavy (non-hydrogen) atoms. The Morgan fingerprint density at radius 2 is 2.39 bits per heavy atom. The molecule has 1 unspecified atom stereocenters. The van der Waals surface area contributed by atoms with Crippen molar-refractivity contribution in [2.75, 3.05) is 38.2 Å². The van der Waals surface area contributed by atoms with E-state index in [1.165, 1.54) is 23.2 Å². The molecule has 3 nitrogen and oxygen atoms in total. The van der Waals surface area contributed by atoms with Crippen LogP contribution in [0.4, 0.5) is 5.69 Å². The molecule has 0 spiro atoms. The van der Waals surface area contributed by atoms with Gasteiger partial charge in [0.2, 0.25) is 0 Å². The summed E-state index contributed by atoms with van der Waals surface area (Å²) < 4.78 is 5.61. The van der Waals surface area contributed by atoms with E-state index in [1.54, 1.807) is 0 Å². The molecule has 0 aromatic heterocycles. The molecule has 0 radical (unpaired) electrons. The Morgan fingerprint density at radius 1 is 1.44 bits per heavy atom. The van der Waals surface area contributed by atoms with Gasteiger partial charge in [0, 0.05) is 31.9 Å². The van der Waals surface area contributed by atoms with Crippen LogP contribution in [-0.4, -0.2) is 37.7 Å². The first-order chi connectivity index (χ1) is 8.83. The van der Waals surface area contributed by atoms with E-state index >= 15 is 0 Å². The van der Waals surface area contributed by atoms with E-state index in [-0.39, 0.29) is 0 Å². The molecule has 1 atom stereocenters. The fourth-order valence-corrected chi connectivity index (χ4v) is 2.99. The van der Waals surface area contributed by atoms with Gasteiger partial charge in [0.1, 0.15) is 0 Å². The number of ether oxygens (including phenoxy) is 1. The van der Waals surface area contributed by atoms with Crippen LogP contribution in [0, 0.1) is 5.92 Å². The molecule has 1 aromatic rings. The van der Waals surface area contributed by atoms with Crippen molar-refractivity contribution >= 4 is 5.69 Å². The predicted octanol–water partition coefficient (Wildman–Crippen LogP) is 2.12. The normalized spacial score (nSPS) is 24.4. The Balaban J connectivity index is 1.74. The standard InChI is InChI=1S/C15H22N2O/c1-12-9-17(7-8-18-11-12)10-14-4-2-3-13-5-6-16-15(13)14/h2-4,12,16H,5-11H2,1H3. The average Bonchev–Trinajstić information content (AvgIpc) is 2.75. The first kappa shape index (κ1) is 12.0. The molecule has 0 amide bonds. The number of hydrogen-bond donors (Lipinski definition) is 1. The zero-order valence-corrected chi connectivity index (χ0v) is 11.1. The zero-order valence-electron chi connectivity index (χ0n) is 11.1. The highest BCUT2D eigenvalue weighted by Crippen LogP contribution is 2.27. The summed E-state index contributed by atoms with van der Waals surface area (Å²) in [5.74, 6) is 0.636. The number of rotatable bonds is 2. The molecule has 2 aliphatic rings. The minimum absolute atomic E-state index is 0.636. The summed E-state index contributed by atoms with van der Waals surface area (Å²) in [7, 11) is 0. The van der Waals surface area contributed by atoms with Crippen molar-refractivity contribution in [3.05, 3.63) is 29.3 Å². The largest absolute Gasteiger partial charge is 0.384 e. The smallest absolute Gasteiger partial charge is 0.0593 e. The molecule has 3 heteroatoms.